The molecule has 1 saturated carbocycles. The van der Waals surface area contributed by atoms with Gasteiger partial charge in [-0.25, -0.2) is 14.0 Å². The molecule has 0 bridgehead atoms. The predicted molar refractivity (Wildman–Crippen MR) is 103 cm³/mol. The second-order valence-electron chi connectivity index (χ2n) is 8.54. The van der Waals surface area contributed by atoms with Gasteiger partial charge in [0, 0.05) is 19.1 Å². The minimum absolute atomic E-state index is 0.171. The van der Waals surface area contributed by atoms with Crippen molar-refractivity contribution >= 4 is 12.2 Å². The van der Waals surface area contributed by atoms with Crippen molar-refractivity contribution < 1.29 is 23.5 Å². The number of carbonyl (C=O) groups excluding carboxylic acids is 2. The highest BCUT2D eigenvalue weighted by Crippen LogP contribution is 2.33. The molecule has 0 N–H and O–H groups in total. The average Bonchev–Trinajstić information content (AvgIpc) is 3.07. The summed E-state index contributed by atoms with van der Waals surface area (Å²) in [5.74, 6) is 0. The van der Waals surface area contributed by atoms with E-state index >= 15 is 0 Å². The Labute approximate surface area is 165 Å². The number of ether oxygens (including phenoxy) is 2. The standard InChI is InChI=1S/C21H29FN2O4/c1-21(2,3)28-20(26)24(18-11-16(22)12-18)17-9-10-23(13-17)19(25)27-14-15-7-5-4-6-8-15/h4-8,16-18H,9-14H2,1-3H3/t16?,17-,18?/m1/s1. The van der Waals surface area contributed by atoms with E-state index in [4.69, 9.17) is 9.47 Å². The fourth-order valence-corrected chi connectivity index (χ4v) is 3.60. The Morgan fingerprint density at radius 1 is 1.18 bits per heavy atom. The number of rotatable bonds is 4. The number of benzene rings is 1. The van der Waals surface area contributed by atoms with Crippen molar-refractivity contribution in [1.82, 2.24) is 9.80 Å². The Hall–Kier alpha value is -2.31. The molecule has 1 aromatic carbocycles. The number of halogens is 1. The zero-order valence-electron chi connectivity index (χ0n) is 16.8. The Bertz CT molecular complexity index is 685. The van der Waals surface area contributed by atoms with Crippen LogP contribution >= 0.6 is 0 Å². The van der Waals surface area contributed by atoms with E-state index < -0.39 is 24.0 Å². The van der Waals surface area contributed by atoms with Gasteiger partial charge in [-0.15, -0.1) is 0 Å². The van der Waals surface area contributed by atoms with Gasteiger partial charge in [0.2, 0.25) is 0 Å². The first-order valence-corrected chi connectivity index (χ1v) is 9.84. The van der Waals surface area contributed by atoms with Crippen LogP contribution in [0.2, 0.25) is 0 Å². The van der Waals surface area contributed by atoms with E-state index in [2.05, 4.69) is 0 Å². The van der Waals surface area contributed by atoms with Crippen LogP contribution in [0.3, 0.4) is 0 Å². The van der Waals surface area contributed by atoms with E-state index in [0.717, 1.165) is 5.56 Å². The Morgan fingerprint density at radius 2 is 1.86 bits per heavy atom. The van der Waals surface area contributed by atoms with Crippen LogP contribution < -0.4 is 0 Å². The van der Waals surface area contributed by atoms with Crippen LogP contribution in [0.5, 0.6) is 0 Å². The van der Waals surface area contributed by atoms with Crippen molar-refractivity contribution in [3.05, 3.63) is 35.9 Å². The number of likely N-dealkylation sites (tertiary alicyclic amines) is 1. The smallest absolute Gasteiger partial charge is 0.410 e. The highest BCUT2D eigenvalue weighted by Gasteiger charge is 2.44. The largest absolute Gasteiger partial charge is 0.445 e. The summed E-state index contributed by atoms with van der Waals surface area (Å²) in [5.41, 5.74) is 0.298. The van der Waals surface area contributed by atoms with Crippen molar-refractivity contribution in [2.45, 2.75) is 70.5 Å². The SMILES string of the molecule is CC(C)(C)OC(=O)N(C1CC(F)C1)[C@@H]1CCN(C(=O)OCc2ccccc2)C1. The van der Waals surface area contributed by atoms with E-state index in [0.29, 0.717) is 32.4 Å². The molecule has 0 aromatic heterocycles. The minimum atomic E-state index is -0.872. The molecule has 7 heteroatoms. The van der Waals surface area contributed by atoms with Gasteiger partial charge < -0.3 is 19.3 Å². The summed E-state index contributed by atoms with van der Waals surface area (Å²) in [7, 11) is 0. The molecule has 3 rings (SSSR count). The van der Waals surface area contributed by atoms with Crippen LogP contribution in [0.4, 0.5) is 14.0 Å². The molecular formula is C21H29FN2O4. The van der Waals surface area contributed by atoms with Gasteiger partial charge >= 0.3 is 12.2 Å². The van der Waals surface area contributed by atoms with Gasteiger partial charge in [-0.05, 0) is 45.6 Å². The Balaban J connectivity index is 1.58. The molecular weight excluding hydrogens is 363 g/mol. The van der Waals surface area contributed by atoms with Crippen LogP contribution in [0.1, 0.15) is 45.6 Å². The summed E-state index contributed by atoms with van der Waals surface area (Å²) in [6.07, 6.45) is -0.417. The van der Waals surface area contributed by atoms with E-state index in [1.54, 1.807) is 9.80 Å². The minimum Gasteiger partial charge on any atom is -0.445 e. The molecule has 6 nitrogen and oxygen atoms in total. The van der Waals surface area contributed by atoms with E-state index in [-0.39, 0.29) is 18.7 Å². The molecule has 1 aliphatic carbocycles. The number of hydrogen-bond acceptors (Lipinski definition) is 4. The Kier molecular flexibility index (Phi) is 6.10. The monoisotopic (exact) mass is 392 g/mol. The highest BCUT2D eigenvalue weighted by atomic mass is 19.1. The lowest BCUT2D eigenvalue weighted by Crippen LogP contribution is -2.55. The Morgan fingerprint density at radius 3 is 2.46 bits per heavy atom. The molecule has 2 aliphatic rings. The maximum atomic E-state index is 13.4. The maximum Gasteiger partial charge on any atom is 0.410 e. The summed E-state index contributed by atoms with van der Waals surface area (Å²) in [5, 5.41) is 0. The van der Waals surface area contributed by atoms with Crippen molar-refractivity contribution in [3.63, 3.8) is 0 Å². The predicted octanol–water partition coefficient (Wildman–Crippen LogP) is 4.14. The lowest BCUT2D eigenvalue weighted by Gasteiger charge is -2.43. The molecule has 1 saturated heterocycles. The molecule has 154 valence electrons. The van der Waals surface area contributed by atoms with Gasteiger partial charge in [-0.2, -0.15) is 0 Å². The number of carbonyl (C=O) groups is 2. The zero-order valence-corrected chi connectivity index (χ0v) is 16.8. The maximum absolute atomic E-state index is 13.4. The van der Waals surface area contributed by atoms with Crippen molar-refractivity contribution in [3.8, 4) is 0 Å². The number of nitrogens with zero attached hydrogens (tertiary/aromatic N) is 2. The highest BCUT2D eigenvalue weighted by molar-refractivity contribution is 5.71. The van der Waals surface area contributed by atoms with Gasteiger partial charge in [-0.1, -0.05) is 30.3 Å². The number of amides is 2. The fourth-order valence-electron chi connectivity index (χ4n) is 3.60. The molecule has 0 unspecified atom stereocenters. The number of hydrogen-bond donors (Lipinski definition) is 0. The van der Waals surface area contributed by atoms with E-state index in [9.17, 15) is 14.0 Å². The topological polar surface area (TPSA) is 59.1 Å². The molecule has 28 heavy (non-hydrogen) atoms. The third kappa shape index (κ3) is 5.14. The molecule has 1 aromatic rings. The van der Waals surface area contributed by atoms with Crippen LogP contribution in [0.15, 0.2) is 30.3 Å². The van der Waals surface area contributed by atoms with Crippen LogP contribution in [-0.4, -0.2) is 58.9 Å². The third-order valence-corrected chi connectivity index (χ3v) is 5.07. The van der Waals surface area contributed by atoms with Crippen molar-refractivity contribution in [2.75, 3.05) is 13.1 Å². The van der Waals surface area contributed by atoms with Gasteiger partial charge in [0.1, 0.15) is 18.4 Å². The molecule has 1 aliphatic heterocycles. The molecule has 1 atom stereocenters. The van der Waals surface area contributed by atoms with Gasteiger partial charge in [-0.3, -0.25) is 0 Å². The average molecular weight is 392 g/mol. The molecule has 1 heterocycles. The molecule has 0 spiro atoms. The summed E-state index contributed by atoms with van der Waals surface area (Å²) < 4.78 is 24.3. The number of alkyl halides is 1. The van der Waals surface area contributed by atoms with Gasteiger partial charge in [0.25, 0.3) is 0 Å². The summed E-state index contributed by atoms with van der Waals surface area (Å²) >= 11 is 0. The van der Waals surface area contributed by atoms with E-state index in [1.807, 2.05) is 51.1 Å². The van der Waals surface area contributed by atoms with Crippen LogP contribution in [0.25, 0.3) is 0 Å². The van der Waals surface area contributed by atoms with Crippen molar-refractivity contribution in [2.24, 2.45) is 0 Å². The zero-order chi connectivity index (χ0) is 20.3. The van der Waals surface area contributed by atoms with Crippen LogP contribution in [0, 0.1) is 0 Å². The summed E-state index contributed by atoms with van der Waals surface area (Å²) in [6.45, 7) is 6.52. The first-order chi connectivity index (χ1) is 13.2. The fraction of sp³-hybridized carbons (Fsp3) is 0.619. The van der Waals surface area contributed by atoms with Gasteiger partial charge in [0.15, 0.2) is 0 Å². The second-order valence-corrected chi connectivity index (χ2v) is 8.54. The summed E-state index contributed by atoms with van der Waals surface area (Å²) in [6, 6.07) is 9.13. The summed E-state index contributed by atoms with van der Waals surface area (Å²) in [4.78, 5) is 28.4. The van der Waals surface area contributed by atoms with Crippen molar-refractivity contribution in [1.29, 1.82) is 0 Å². The van der Waals surface area contributed by atoms with E-state index in [1.165, 1.54) is 0 Å². The lowest BCUT2D eigenvalue weighted by molar-refractivity contribution is -0.0194. The normalized spacial score (nSPS) is 24.4. The molecule has 0 radical (unpaired) electrons. The molecule has 2 amide bonds. The molecule has 2 fully saturated rings. The quantitative estimate of drug-likeness (QED) is 0.773. The van der Waals surface area contributed by atoms with Gasteiger partial charge in [0.05, 0.1) is 6.04 Å². The van der Waals surface area contributed by atoms with Crippen LogP contribution in [-0.2, 0) is 16.1 Å². The lowest BCUT2D eigenvalue weighted by atomic mass is 9.88. The second kappa shape index (κ2) is 8.37. The third-order valence-electron chi connectivity index (χ3n) is 5.07. The first-order valence-electron chi connectivity index (χ1n) is 9.84. The first kappa shape index (κ1) is 20.4.